The summed E-state index contributed by atoms with van der Waals surface area (Å²) in [5.41, 5.74) is -0.122. The van der Waals surface area contributed by atoms with Crippen molar-refractivity contribution in [2.75, 3.05) is 39.2 Å². The van der Waals surface area contributed by atoms with Gasteiger partial charge in [-0.15, -0.1) is 0 Å². The van der Waals surface area contributed by atoms with Crippen LogP contribution in [-0.2, 0) is 14.3 Å². The van der Waals surface area contributed by atoms with Crippen molar-refractivity contribution in [2.45, 2.75) is 25.6 Å². The number of ether oxygens (including phenoxy) is 2. The van der Waals surface area contributed by atoms with E-state index in [-0.39, 0.29) is 12.0 Å². The summed E-state index contributed by atoms with van der Waals surface area (Å²) in [4.78, 5) is 22.8. The van der Waals surface area contributed by atoms with Crippen molar-refractivity contribution in [1.82, 2.24) is 14.9 Å². The van der Waals surface area contributed by atoms with Crippen LogP contribution in [0, 0.1) is 0 Å². The molecule has 1 aliphatic rings. The fourth-order valence-corrected chi connectivity index (χ4v) is 2.24. The van der Waals surface area contributed by atoms with Gasteiger partial charge in [-0.2, -0.15) is 0 Å². The third-order valence-electron chi connectivity index (χ3n) is 3.65. The van der Waals surface area contributed by atoms with Crippen LogP contribution < -0.4 is 5.32 Å². The first-order chi connectivity index (χ1) is 9.99. The Morgan fingerprint density at radius 2 is 2.19 bits per heavy atom. The summed E-state index contributed by atoms with van der Waals surface area (Å²) < 4.78 is 11.0. The zero-order chi connectivity index (χ0) is 15.5. The molecule has 0 bridgehead atoms. The summed E-state index contributed by atoms with van der Waals surface area (Å²) in [6.07, 6.45) is 2.96. The summed E-state index contributed by atoms with van der Waals surface area (Å²) in [6.45, 7) is 4.99. The molecule has 7 nitrogen and oxygen atoms in total. The molecule has 2 rings (SSSR count). The van der Waals surface area contributed by atoms with Crippen LogP contribution in [0.25, 0.3) is 0 Å². The highest BCUT2D eigenvalue weighted by Gasteiger charge is 2.36. The van der Waals surface area contributed by atoms with Crippen molar-refractivity contribution in [1.29, 1.82) is 0 Å². The SMILES string of the molecule is CNc1nccnc1[C@@H]1CN(C(=O)C(C)(C)OC)CCO1. The molecule has 0 aromatic carbocycles. The van der Waals surface area contributed by atoms with Crippen LogP contribution in [0.4, 0.5) is 5.82 Å². The Labute approximate surface area is 124 Å². The molecule has 0 saturated carbocycles. The van der Waals surface area contributed by atoms with Crippen molar-refractivity contribution in [3.63, 3.8) is 0 Å². The van der Waals surface area contributed by atoms with Crippen LogP contribution in [0.3, 0.4) is 0 Å². The lowest BCUT2D eigenvalue weighted by molar-refractivity contribution is -0.158. The van der Waals surface area contributed by atoms with Gasteiger partial charge in [0, 0.05) is 33.1 Å². The predicted molar refractivity (Wildman–Crippen MR) is 77.9 cm³/mol. The Hall–Kier alpha value is -1.73. The topological polar surface area (TPSA) is 76.6 Å². The smallest absolute Gasteiger partial charge is 0.254 e. The van der Waals surface area contributed by atoms with Crippen LogP contribution in [0.5, 0.6) is 0 Å². The molecule has 2 heterocycles. The zero-order valence-electron chi connectivity index (χ0n) is 12.9. The van der Waals surface area contributed by atoms with E-state index >= 15 is 0 Å². The number of anilines is 1. The van der Waals surface area contributed by atoms with E-state index in [1.807, 2.05) is 0 Å². The molecule has 0 aliphatic carbocycles. The molecule has 0 unspecified atom stereocenters. The molecule has 0 spiro atoms. The maximum atomic E-state index is 12.5. The Bertz CT molecular complexity index is 507. The third kappa shape index (κ3) is 3.30. The minimum absolute atomic E-state index is 0.0480. The molecule has 1 aromatic rings. The molecular formula is C14H22N4O3. The highest BCUT2D eigenvalue weighted by Crippen LogP contribution is 2.26. The second kappa shape index (κ2) is 6.36. The first-order valence-electron chi connectivity index (χ1n) is 6.94. The average molecular weight is 294 g/mol. The maximum Gasteiger partial charge on any atom is 0.254 e. The van der Waals surface area contributed by atoms with Crippen LogP contribution in [0.15, 0.2) is 12.4 Å². The molecule has 0 radical (unpaired) electrons. The highest BCUT2D eigenvalue weighted by molar-refractivity contribution is 5.84. The number of rotatable bonds is 4. The average Bonchev–Trinajstić information content (AvgIpc) is 2.54. The van der Waals surface area contributed by atoms with E-state index in [4.69, 9.17) is 9.47 Å². The van der Waals surface area contributed by atoms with E-state index in [1.165, 1.54) is 7.11 Å². The molecule has 21 heavy (non-hydrogen) atoms. The lowest BCUT2D eigenvalue weighted by Crippen LogP contribution is -2.51. The van der Waals surface area contributed by atoms with Gasteiger partial charge in [0.2, 0.25) is 0 Å². The molecule has 116 valence electrons. The molecular weight excluding hydrogens is 272 g/mol. The van der Waals surface area contributed by atoms with E-state index in [0.29, 0.717) is 31.2 Å². The van der Waals surface area contributed by atoms with Crippen molar-refractivity contribution in [3.05, 3.63) is 18.1 Å². The van der Waals surface area contributed by atoms with Gasteiger partial charge in [0.15, 0.2) is 0 Å². The number of carbonyl (C=O) groups excluding carboxylic acids is 1. The van der Waals surface area contributed by atoms with Gasteiger partial charge >= 0.3 is 0 Å². The summed E-state index contributed by atoms with van der Waals surface area (Å²) in [5, 5.41) is 3.00. The van der Waals surface area contributed by atoms with Crippen molar-refractivity contribution < 1.29 is 14.3 Å². The second-order valence-corrected chi connectivity index (χ2v) is 5.37. The van der Waals surface area contributed by atoms with E-state index in [9.17, 15) is 4.79 Å². The lowest BCUT2D eigenvalue weighted by Gasteiger charge is -2.37. The standard InChI is InChI=1S/C14H22N4O3/c1-14(2,20-4)13(19)18-7-8-21-10(9-18)11-12(15-3)17-6-5-16-11/h5-6,10H,7-9H2,1-4H3,(H,15,17)/t10-/m0/s1. The van der Waals surface area contributed by atoms with Gasteiger partial charge in [0.05, 0.1) is 13.2 Å². The molecule has 1 amide bonds. The Morgan fingerprint density at radius 3 is 2.86 bits per heavy atom. The number of nitrogens with zero attached hydrogens (tertiary/aromatic N) is 3. The van der Waals surface area contributed by atoms with E-state index < -0.39 is 5.60 Å². The summed E-state index contributed by atoms with van der Waals surface area (Å²) in [5.74, 6) is 0.621. The minimum atomic E-state index is -0.837. The maximum absolute atomic E-state index is 12.5. The van der Waals surface area contributed by atoms with Gasteiger partial charge in [0.1, 0.15) is 23.2 Å². The zero-order valence-corrected chi connectivity index (χ0v) is 12.9. The molecule has 1 atom stereocenters. The van der Waals surface area contributed by atoms with Crippen LogP contribution in [0.1, 0.15) is 25.6 Å². The monoisotopic (exact) mass is 294 g/mol. The fraction of sp³-hybridized carbons (Fsp3) is 0.643. The minimum Gasteiger partial charge on any atom is -0.372 e. The molecule has 7 heteroatoms. The fourth-order valence-electron chi connectivity index (χ4n) is 2.24. The van der Waals surface area contributed by atoms with E-state index in [1.54, 1.807) is 38.2 Å². The van der Waals surface area contributed by atoms with Crippen molar-refractivity contribution in [2.24, 2.45) is 0 Å². The normalized spacial score (nSPS) is 19.4. The van der Waals surface area contributed by atoms with Gasteiger partial charge < -0.3 is 19.7 Å². The number of hydrogen-bond donors (Lipinski definition) is 1. The summed E-state index contributed by atoms with van der Waals surface area (Å²) in [7, 11) is 3.32. The predicted octanol–water partition coefficient (Wildman–Crippen LogP) is 0.843. The molecule has 1 aromatic heterocycles. The van der Waals surface area contributed by atoms with E-state index in [0.717, 1.165) is 0 Å². The van der Waals surface area contributed by atoms with Crippen molar-refractivity contribution in [3.8, 4) is 0 Å². The van der Waals surface area contributed by atoms with Gasteiger partial charge in [-0.25, -0.2) is 4.98 Å². The third-order valence-corrected chi connectivity index (χ3v) is 3.65. The molecule has 1 saturated heterocycles. The largest absolute Gasteiger partial charge is 0.372 e. The number of nitrogens with one attached hydrogen (secondary N) is 1. The number of aromatic nitrogens is 2. The molecule has 1 fully saturated rings. The Balaban J connectivity index is 2.16. The van der Waals surface area contributed by atoms with Gasteiger partial charge in [-0.1, -0.05) is 0 Å². The molecule has 1 aliphatic heterocycles. The molecule has 1 N–H and O–H groups in total. The number of hydrogen-bond acceptors (Lipinski definition) is 6. The first-order valence-corrected chi connectivity index (χ1v) is 6.94. The quantitative estimate of drug-likeness (QED) is 0.887. The number of methoxy groups -OCH3 is 1. The lowest BCUT2D eigenvalue weighted by atomic mass is 10.1. The van der Waals surface area contributed by atoms with Crippen LogP contribution in [-0.4, -0.2) is 60.2 Å². The van der Waals surface area contributed by atoms with Crippen molar-refractivity contribution >= 4 is 11.7 Å². The highest BCUT2D eigenvalue weighted by atomic mass is 16.5. The second-order valence-electron chi connectivity index (χ2n) is 5.37. The van der Waals surface area contributed by atoms with Gasteiger partial charge in [0.25, 0.3) is 5.91 Å². The van der Waals surface area contributed by atoms with Gasteiger partial charge in [-0.05, 0) is 13.8 Å². The summed E-state index contributed by atoms with van der Waals surface area (Å²) >= 11 is 0. The first kappa shape index (κ1) is 15.7. The van der Waals surface area contributed by atoms with Gasteiger partial charge in [-0.3, -0.25) is 9.78 Å². The van der Waals surface area contributed by atoms with E-state index in [2.05, 4.69) is 15.3 Å². The Kier molecular flexibility index (Phi) is 4.74. The number of morpholine rings is 1. The Morgan fingerprint density at radius 1 is 1.48 bits per heavy atom. The van der Waals surface area contributed by atoms with Crippen LogP contribution in [0.2, 0.25) is 0 Å². The summed E-state index contributed by atoms with van der Waals surface area (Å²) in [6, 6.07) is 0. The number of carbonyl (C=O) groups is 1. The number of amides is 1. The van der Waals surface area contributed by atoms with Crippen LogP contribution >= 0.6 is 0 Å².